The molecule has 0 bridgehead atoms. The lowest BCUT2D eigenvalue weighted by Gasteiger charge is -2.09. The van der Waals surface area contributed by atoms with Crippen LogP contribution in [0.1, 0.15) is 13.3 Å². The second-order valence-electron chi connectivity index (χ2n) is 6.65. The monoisotopic (exact) mass is 390 g/mol. The van der Waals surface area contributed by atoms with Crippen molar-refractivity contribution in [1.29, 1.82) is 0 Å². The van der Waals surface area contributed by atoms with Crippen LogP contribution in [0.3, 0.4) is 0 Å². The van der Waals surface area contributed by atoms with Crippen LogP contribution in [0.5, 0.6) is 0 Å². The van der Waals surface area contributed by atoms with E-state index < -0.39 is 0 Å². The zero-order valence-electron chi connectivity index (χ0n) is 16.3. The van der Waals surface area contributed by atoms with Crippen LogP contribution in [0.2, 0.25) is 0 Å². The molecule has 0 aliphatic rings. The van der Waals surface area contributed by atoms with Crippen molar-refractivity contribution in [2.75, 3.05) is 25.1 Å². The number of hydrogen-bond acceptors (Lipinski definition) is 4. The summed E-state index contributed by atoms with van der Waals surface area (Å²) in [6, 6.07) is 16.6. The molecule has 0 aliphatic heterocycles. The molecule has 0 atom stereocenters. The number of benzene rings is 2. The Hall–Kier alpha value is -3.25. The van der Waals surface area contributed by atoms with Gasteiger partial charge >= 0.3 is 0 Å². The van der Waals surface area contributed by atoms with E-state index in [1.807, 2.05) is 35.9 Å². The van der Waals surface area contributed by atoms with Gasteiger partial charge in [0.05, 0.1) is 5.39 Å². The molecule has 0 spiro atoms. The van der Waals surface area contributed by atoms with Crippen molar-refractivity contribution in [2.45, 2.75) is 13.3 Å². The Labute approximate surface area is 169 Å². The largest absolute Gasteiger partial charge is 0.382 e. The smallest absolute Gasteiger partial charge is 0.150 e. The van der Waals surface area contributed by atoms with E-state index in [0.717, 1.165) is 53.2 Å². The molecular formula is C23H23FN4O. The number of fused-ring (bicyclic) bond motifs is 1. The minimum absolute atomic E-state index is 0.264. The topological polar surface area (TPSA) is 52.0 Å². The lowest BCUT2D eigenvalue weighted by Crippen LogP contribution is -2.07. The van der Waals surface area contributed by atoms with Gasteiger partial charge in [-0.2, -0.15) is 0 Å². The predicted molar refractivity (Wildman–Crippen MR) is 114 cm³/mol. The van der Waals surface area contributed by atoms with Crippen LogP contribution in [0.15, 0.2) is 67.1 Å². The van der Waals surface area contributed by atoms with Gasteiger partial charge < -0.3 is 14.6 Å². The van der Waals surface area contributed by atoms with Crippen molar-refractivity contribution in [2.24, 2.45) is 0 Å². The first kappa shape index (κ1) is 19.1. The molecule has 5 nitrogen and oxygen atoms in total. The normalized spacial score (nSPS) is 11.1. The second-order valence-corrected chi connectivity index (χ2v) is 6.65. The van der Waals surface area contributed by atoms with E-state index >= 15 is 0 Å². The molecule has 0 fully saturated rings. The van der Waals surface area contributed by atoms with Gasteiger partial charge in [-0.3, -0.25) is 0 Å². The highest BCUT2D eigenvalue weighted by atomic mass is 19.1. The van der Waals surface area contributed by atoms with Crippen LogP contribution < -0.4 is 5.32 Å². The fourth-order valence-corrected chi connectivity index (χ4v) is 3.36. The SMILES string of the molecule is CCOCCCNc1ncnc2c1c(-c1ccccc1)cn2-c1ccc(F)cc1. The van der Waals surface area contributed by atoms with Crippen LogP contribution >= 0.6 is 0 Å². The van der Waals surface area contributed by atoms with E-state index in [1.165, 1.54) is 12.1 Å². The molecule has 0 unspecified atom stereocenters. The van der Waals surface area contributed by atoms with Crippen LogP contribution in [0.4, 0.5) is 10.2 Å². The summed E-state index contributed by atoms with van der Waals surface area (Å²) >= 11 is 0. The van der Waals surface area contributed by atoms with Crippen LogP contribution in [-0.2, 0) is 4.74 Å². The van der Waals surface area contributed by atoms with Gasteiger partial charge in [0.25, 0.3) is 0 Å². The van der Waals surface area contributed by atoms with Crippen molar-refractivity contribution in [1.82, 2.24) is 14.5 Å². The third-order valence-electron chi connectivity index (χ3n) is 4.73. The number of halogens is 1. The standard InChI is InChI=1S/C23H23FN4O/c1-2-29-14-6-13-25-22-21-20(17-7-4-3-5-8-17)15-28(23(21)27-16-26-22)19-11-9-18(24)10-12-19/h3-5,7-12,15-16H,2,6,13-14H2,1H3,(H,25,26,27). The zero-order valence-corrected chi connectivity index (χ0v) is 16.3. The molecule has 6 heteroatoms. The summed E-state index contributed by atoms with van der Waals surface area (Å²) < 4.78 is 20.8. The van der Waals surface area contributed by atoms with E-state index in [1.54, 1.807) is 18.5 Å². The van der Waals surface area contributed by atoms with Gasteiger partial charge in [-0.05, 0) is 43.2 Å². The van der Waals surface area contributed by atoms with Gasteiger partial charge in [-0.1, -0.05) is 30.3 Å². The number of rotatable bonds is 8. The molecule has 148 valence electrons. The van der Waals surface area contributed by atoms with Crippen molar-refractivity contribution < 1.29 is 9.13 Å². The summed E-state index contributed by atoms with van der Waals surface area (Å²) in [7, 11) is 0. The molecule has 2 aromatic carbocycles. The van der Waals surface area contributed by atoms with Crippen LogP contribution in [-0.4, -0.2) is 34.3 Å². The quantitative estimate of drug-likeness (QED) is 0.427. The van der Waals surface area contributed by atoms with Crippen LogP contribution in [0.25, 0.3) is 27.8 Å². The van der Waals surface area contributed by atoms with Crippen molar-refractivity contribution in [3.05, 3.63) is 72.9 Å². The van der Waals surface area contributed by atoms with Crippen molar-refractivity contribution >= 4 is 16.9 Å². The van der Waals surface area contributed by atoms with Crippen molar-refractivity contribution in [3.63, 3.8) is 0 Å². The third-order valence-corrected chi connectivity index (χ3v) is 4.73. The van der Waals surface area contributed by atoms with E-state index in [-0.39, 0.29) is 5.82 Å². The lowest BCUT2D eigenvalue weighted by atomic mass is 10.1. The first-order chi connectivity index (χ1) is 14.3. The maximum absolute atomic E-state index is 13.4. The molecule has 0 amide bonds. The van der Waals surface area contributed by atoms with E-state index in [0.29, 0.717) is 6.61 Å². The third kappa shape index (κ3) is 4.12. The number of anilines is 1. The molecule has 29 heavy (non-hydrogen) atoms. The Morgan fingerprint density at radius 3 is 2.59 bits per heavy atom. The summed E-state index contributed by atoms with van der Waals surface area (Å²) in [4.78, 5) is 9.03. The summed E-state index contributed by atoms with van der Waals surface area (Å²) in [5, 5.41) is 4.37. The number of hydrogen-bond donors (Lipinski definition) is 1. The Balaban J connectivity index is 1.79. The van der Waals surface area contributed by atoms with Gasteiger partial charge in [0, 0.05) is 37.2 Å². The second kappa shape index (κ2) is 8.84. The van der Waals surface area contributed by atoms with Gasteiger partial charge in [-0.25, -0.2) is 14.4 Å². The van der Waals surface area contributed by atoms with Crippen LogP contribution in [0, 0.1) is 5.82 Å². The Morgan fingerprint density at radius 1 is 1.03 bits per heavy atom. The summed E-state index contributed by atoms with van der Waals surface area (Å²) in [5.74, 6) is 0.519. The molecule has 0 saturated carbocycles. The minimum atomic E-state index is -0.264. The lowest BCUT2D eigenvalue weighted by molar-refractivity contribution is 0.147. The molecule has 0 saturated heterocycles. The fourth-order valence-electron chi connectivity index (χ4n) is 3.36. The number of nitrogens with one attached hydrogen (secondary N) is 1. The highest BCUT2D eigenvalue weighted by Crippen LogP contribution is 2.35. The molecular weight excluding hydrogens is 367 g/mol. The molecule has 2 aromatic heterocycles. The number of ether oxygens (including phenoxy) is 1. The molecule has 0 aliphatic carbocycles. The highest BCUT2D eigenvalue weighted by Gasteiger charge is 2.17. The van der Waals surface area contributed by atoms with E-state index in [2.05, 4.69) is 27.4 Å². The van der Waals surface area contributed by atoms with E-state index in [4.69, 9.17) is 4.74 Å². The Morgan fingerprint density at radius 2 is 1.83 bits per heavy atom. The van der Waals surface area contributed by atoms with Gasteiger partial charge in [0.15, 0.2) is 5.65 Å². The average molecular weight is 390 g/mol. The predicted octanol–water partition coefficient (Wildman–Crippen LogP) is 5.07. The number of aromatic nitrogens is 3. The molecule has 2 heterocycles. The maximum Gasteiger partial charge on any atom is 0.150 e. The molecule has 4 aromatic rings. The summed E-state index contributed by atoms with van der Waals surface area (Å²) in [5.41, 5.74) is 3.72. The van der Waals surface area contributed by atoms with Crippen molar-refractivity contribution in [3.8, 4) is 16.8 Å². The molecule has 0 radical (unpaired) electrons. The Bertz CT molecular complexity index is 1080. The van der Waals surface area contributed by atoms with Gasteiger partial charge in [0.1, 0.15) is 18.0 Å². The Kier molecular flexibility index (Phi) is 5.81. The van der Waals surface area contributed by atoms with Gasteiger partial charge in [-0.15, -0.1) is 0 Å². The molecule has 1 N–H and O–H groups in total. The average Bonchev–Trinajstić information content (AvgIpc) is 3.15. The molecule has 4 rings (SSSR count). The highest BCUT2D eigenvalue weighted by molar-refractivity contribution is 6.02. The minimum Gasteiger partial charge on any atom is -0.382 e. The first-order valence-corrected chi connectivity index (χ1v) is 9.77. The maximum atomic E-state index is 13.4. The van der Waals surface area contributed by atoms with Gasteiger partial charge in [0.2, 0.25) is 0 Å². The number of nitrogens with zero attached hydrogens (tertiary/aromatic N) is 3. The first-order valence-electron chi connectivity index (χ1n) is 9.77. The summed E-state index contributed by atoms with van der Waals surface area (Å²) in [6.45, 7) is 4.17. The van der Waals surface area contributed by atoms with E-state index in [9.17, 15) is 4.39 Å². The fraction of sp³-hybridized carbons (Fsp3) is 0.217. The zero-order chi connectivity index (χ0) is 20.1. The summed E-state index contributed by atoms with van der Waals surface area (Å²) in [6.07, 6.45) is 4.48.